The molecule has 1 aromatic carbocycles. The molecule has 0 radical (unpaired) electrons. The molecule has 186 valence electrons. The minimum atomic E-state index is -1.26. The summed E-state index contributed by atoms with van der Waals surface area (Å²) in [6, 6.07) is 4.75. The smallest absolute Gasteiger partial charge is 0.337 e. The average molecular weight is 481 g/mol. The van der Waals surface area contributed by atoms with Crippen LogP contribution >= 0.6 is 0 Å². The predicted molar refractivity (Wildman–Crippen MR) is 112 cm³/mol. The van der Waals surface area contributed by atoms with Gasteiger partial charge in [-0.1, -0.05) is 0 Å². The number of esters is 4. The number of benzene rings is 1. The summed E-state index contributed by atoms with van der Waals surface area (Å²) in [6.07, 6.45) is -4.82. The lowest BCUT2D eigenvalue weighted by Gasteiger charge is -2.44. The van der Waals surface area contributed by atoms with Gasteiger partial charge in [-0.15, -0.1) is 0 Å². The van der Waals surface area contributed by atoms with Crippen LogP contribution in [-0.4, -0.2) is 74.1 Å². The lowest BCUT2D eigenvalue weighted by molar-refractivity contribution is -0.257. The van der Waals surface area contributed by atoms with Crippen LogP contribution < -0.4 is 10.1 Å². The van der Waals surface area contributed by atoms with Crippen molar-refractivity contribution in [2.24, 2.45) is 0 Å². The molecule has 0 aliphatic carbocycles. The zero-order chi connectivity index (χ0) is 25.4. The van der Waals surface area contributed by atoms with E-state index in [-0.39, 0.29) is 17.9 Å². The number of carbonyl (C=O) groups is 5. The van der Waals surface area contributed by atoms with Crippen molar-refractivity contribution in [1.29, 1.82) is 0 Å². The molecule has 0 bridgehead atoms. The third-order valence-corrected chi connectivity index (χ3v) is 4.60. The lowest BCUT2D eigenvalue weighted by Crippen LogP contribution is -2.67. The number of ether oxygens (including phenoxy) is 6. The van der Waals surface area contributed by atoms with E-state index in [2.05, 4.69) is 10.1 Å². The van der Waals surface area contributed by atoms with Crippen LogP contribution in [0.1, 0.15) is 38.1 Å². The van der Waals surface area contributed by atoms with E-state index in [0.717, 1.165) is 13.8 Å². The SMILES string of the molecule is COC(=O)c1ccc(O[C@@H]2O[C@H](COC(C)=O)[C@H](OC(C)=O)[C@H](OC(C)=O)[C@@H]2NC(C)=O)cc1. The Morgan fingerprint density at radius 2 is 1.47 bits per heavy atom. The number of amides is 1. The third kappa shape index (κ3) is 7.44. The number of nitrogens with one attached hydrogen (secondary N) is 1. The fourth-order valence-electron chi connectivity index (χ4n) is 3.31. The van der Waals surface area contributed by atoms with Gasteiger partial charge in [-0.25, -0.2) is 4.79 Å². The third-order valence-electron chi connectivity index (χ3n) is 4.60. The van der Waals surface area contributed by atoms with Gasteiger partial charge in [0.2, 0.25) is 12.2 Å². The van der Waals surface area contributed by atoms with Crippen molar-refractivity contribution >= 4 is 29.8 Å². The Balaban J connectivity index is 2.42. The Kier molecular flexibility index (Phi) is 9.36. The van der Waals surface area contributed by atoms with Crippen molar-refractivity contribution in [3.63, 3.8) is 0 Å². The topological polar surface area (TPSA) is 153 Å². The maximum absolute atomic E-state index is 11.9. The molecule has 12 nitrogen and oxygen atoms in total. The van der Waals surface area contributed by atoms with Gasteiger partial charge in [0, 0.05) is 27.7 Å². The molecular formula is C22H27NO11. The molecule has 1 saturated heterocycles. The fraction of sp³-hybridized carbons (Fsp3) is 0.500. The second kappa shape index (κ2) is 12.0. The number of hydrogen-bond acceptors (Lipinski definition) is 11. The summed E-state index contributed by atoms with van der Waals surface area (Å²) in [5.41, 5.74) is 0.276. The first kappa shape index (κ1) is 26.6. The quantitative estimate of drug-likeness (QED) is 0.408. The van der Waals surface area contributed by atoms with Crippen LogP contribution in [0, 0.1) is 0 Å². The molecule has 0 unspecified atom stereocenters. The van der Waals surface area contributed by atoms with E-state index < -0.39 is 60.4 Å². The molecule has 1 amide bonds. The molecule has 1 aromatic rings. The number of methoxy groups -OCH3 is 1. The molecule has 12 heteroatoms. The van der Waals surface area contributed by atoms with Crippen molar-refractivity contribution in [1.82, 2.24) is 5.32 Å². The Labute approximate surface area is 195 Å². The maximum Gasteiger partial charge on any atom is 0.337 e. The van der Waals surface area contributed by atoms with Crippen LogP contribution in [0.2, 0.25) is 0 Å². The van der Waals surface area contributed by atoms with Crippen molar-refractivity contribution < 1.29 is 52.4 Å². The molecule has 0 saturated carbocycles. The Morgan fingerprint density at radius 1 is 0.882 bits per heavy atom. The van der Waals surface area contributed by atoms with Crippen LogP contribution in [0.4, 0.5) is 0 Å². The highest BCUT2D eigenvalue weighted by molar-refractivity contribution is 5.89. The van der Waals surface area contributed by atoms with Gasteiger partial charge in [0.05, 0.1) is 12.7 Å². The molecule has 1 heterocycles. The van der Waals surface area contributed by atoms with Crippen molar-refractivity contribution in [3.8, 4) is 5.75 Å². The van der Waals surface area contributed by atoms with E-state index in [9.17, 15) is 24.0 Å². The highest BCUT2D eigenvalue weighted by Crippen LogP contribution is 2.29. The van der Waals surface area contributed by atoms with Gasteiger partial charge in [-0.2, -0.15) is 0 Å². The van der Waals surface area contributed by atoms with E-state index in [1.165, 1.54) is 45.2 Å². The molecule has 1 aliphatic rings. The molecule has 0 spiro atoms. The first-order valence-corrected chi connectivity index (χ1v) is 10.3. The summed E-state index contributed by atoms with van der Waals surface area (Å²) in [6.45, 7) is 4.36. The monoisotopic (exact) mass is 481 g/mol. The average Bonchev–Trinajstić information content (AvgIpc) is 2.75. The molecule has 1 aliphatic heterocycles. The molecule has 34 heavy (non-hydrogen) atoms. The summed E-state index contributed by atoms with van der Waals surface area (Å²) < 4.78 is 32.2. The van der Waals surface area contributed by atoms with Gasteiger partial charge in [0.1, 0.15) is 24.5 Å². The summed E-state index contributed by atoms with van der Waals surface area (Å²) in [7, 11) is 1.25. The number of rotatable bonds is 8. The lowest BCUT2D eigenvalue weighted by atomic mass is 9.96. The van der Waals surface area contributed by atoms with Gasteiger partial charge in [0.25, 0.3) is 0 Å². The van der Waals surface area contributed by atoms with Gasteiger partial charge in [-0.3, -0.25) is 19.2 Å². The normalized spacial score (nSPS) is 23.7. The van der Waals surface area contributed by atoms with Crippen LogP contribution in [0.15, 0.2) is 24.3 Å². The van der Waals surface area contributed by atoms with Crippen molar-refractivity contribution in [3.05, 3.63) is 29.8 Å². The first-order chi connectivity index (χ1) is 16.0. The van der Waals surface area contributed by atoms with E-state index in [0.29, 0.717) is 0 Å². The van der Waals surface area contributed by atoms with E-state index in [1.807, 2.05) is 0 Å². The van der Waals surface area contributed by atoms with Crippen molar-refractivity contribution in [2.75, 3.05) is 13.7 Å². The van der Waals surface area contributed by atoms with Crippen molar-refractivity contribution in [2.45, 2.75) is 58.3 Å². The molecular weight excluding hydrogens is 454 g/mol. The zero-order valence-electron chi connectivity index (χ0n) is 19.4. The van der Waals surface area contributed by atoms with Gasteiger partial charge < -0.3 is 33.7 Å². The van der Waals surface area contributed by atoms with Crippen LogP contribution in [0.3, 0.4) is 0 Å². The largest absolute Gasteiger partial charge is 0.465 e. The summed E-state index contributed by atoms with van der Waals surface area (Å²) in [5.74, 6) is -2.84. The second-order valence-corrected chi connectivity index (χ2v) is 7.35. The minimum Gasteiger partial charge on any atom is -0.465 e. The van der Waals surface area contributed by atoms with Crippen LogP contribution in [0.25, 0.3) is 0 Å². The molecule has 0 aromatic heterocycles. The zero-order valence-corrected chi connectivity index (χ0v) is 19.4. The maximum atomic E-state index is 11.9. The summed E-state index contributed by atoms with van der Waals surface area (Å²) in [4.78, 5) is 58.6. The number of hydrogen-bond donors (Lipinski definition) is 1. The van der Waals surface area contributed by atoms with E-state index in [1.54, 1.807) is 0 Å². The standard InChI is InChI=1S/C22H27NO11/c1-11(24)23-18-20(32-14(4)27)19(31-13(3)26)17(10-30-12(2)25)34-22(18)33-16-8-6-15(7-9-16)21(28)29-5/h6-9,17-20,22H,10H2,1-5H3,(H,23,24)/t17-,18+,19+,20-,22-/m1/s1. The Morgan fingerprint density at radius 3 is 1.97 bits per heavy atom. The van der Waals surface area contributed by atoms with Gasteiger partial charge in [-0.05, 0) is 24.3 Å². The summed E-state index contributed by atoms with van der Waals surface area (Å²) in [5, 5.41) is 2.60. The molecule has 2 rings (SSSR count). The fourth-order valence-corrected chi connectivity index (χ4v) is 3.31. The predicted octanol–water partition coefficient (Wildman–Crippen LogP) is 0.508. The van der Waals surface area contributed by atoms with Crippen LogP contribution in [-0.2, 0) is 42.9 Å². The van der Waals surface area contributed by atoms with E-state index >= 15 is 0 Å². The minimum absolute atomic E-state index is 0.242. The highest BCUT2D eigenvalue weighted by atomic mass is 16.7. The summed E-state index contributed by atoms with van der Waals surface area (Å²) >= 11 is 0. The second-order valence-electron chi connectivity index (χ2n) is 7.35. The molecule has 1 N–H and O–H groups in total. The molecule has 1 fully saturated rings. The van der Waals surface area contributed by atoms with Crippen LogP contribution in [0.5, 0.6) is 5.75 Å². The van der Waals surface area contributed by atoms with Gasteiger partial charge >= 0.3 is 23.9 Å². The number of carbonyl (C=O) groups excluding carboxylic acids is 5. The Bertz CT molecular complexity index is 914. The van der Waals surface area contributed by atoms with Gasteiger partial charge in [0.15, 0.2) is 12.2 Å². The highest BCUT2D eigenvalue weighted by Gasteiger charge is 2.51. The first-order valence-electron chi connectivity index (χ1n) is 10.3. The Hall–Kier alpha value is -3.67. The van der Waals surface area contributed by atoms with E-state index in [4.69, 9.17) is 23.7 Å². The molecule has 5 atom stereocenters.